The van der Waals surface area contributed by atoms with Gasteiger partial charge in [-0.3, -0.25) is 4.72 Å². The zero-order valence-corrected chi connectivity index (χ0v) is 24.5. The molecule has 1 aliphatic carbocycles. The maximum atomic E-state index is 15.0. The maximum Gasteiger partial charge on any atom is 0.236 e. The molecule has 0 amide bonds. The predicted octanol–water partition coefficient (Wildman–Crippen LogP) is 5.76. The number of anilines is 2. The van der Waals surface area contributed by atoms with E-state index in [-0.39, 0.29) is 48.2 Å². The Morgan fingerprint density at radius 1 is 1.10 bits per heavy atom. The number of nitrogens with zero attached hydrogens (tertiary/aromatic N) is 3. The maximum absolute atomic E-state index is 15.0. The molecule has 9 nitrogen and oxygen atoms in total. The van der Waals surface area contributed by atoms with Gasteiger partial charge in [0.15, 0.2) is 0 Å². The molecule has 0 radical (unpaired) electrons. The quantitative estimate of drug-likeness (QED) is 0.217. The first kappa shape index (κ1) is 29.9. The minimum absolute atomic E-state index is 0. The molecule has 1 atom stereocenters. The summed E-state index contributed by atoms with van der Waals surface area (Å²) >= 11 is 0. The average molecular weight is 617 g/mol. The fourth-order valence-electron chi connectivity index (χ4n) is 5.01. The molecular weight excluding hydrogens is 586 g/mol. The van der Waals surface area contributed by atoms with Crippen LogP contribution in [-0.2, 0) is 10.0 Å². The second-order valence-corrected chi connectivity index (χ2v) is 12.4. The molecule has 1 saturated carbocycles. The number of fused-ring (bicyclic) bond motifs is 1. The van der Waals surface area contributed by atoms with Crippen molar-refractivity contribution in [2.24, 2.45) is 0 Å². The van der Waals surface area contributed by atoms with Crippen molar-refractivity contribution in [3.8, 4) is 22.9 Å². The minimum Gasteiger partial charge on any atom is -0.437 e. The van der Waals surface area contributed by atoms with Crippen LogP contribution in [0.5, 0.6) is 11.6 Å². The predicted molar refractivity (Wildman–Crippen MR) is 161 cm³/mol. The van der Waals surface area contributed by atoms with E-state index >= 15 is 0 Å². The van der Waals surface area contributed by atoms with Crippen molar-refractivity contribution in [2.75, 3.05) is 28.9 Å². The number of benzene rings is 2. The normalized spacial score (nSPS) is 17.7. The molecule has 1 aliphatic heterocycles. The van der Waals surface area contributed by atoms with Crippen LogP contribution in [0.1, 0.15) is 31.2 Å². The van der Waals surface area contributed by atoms with E-state index < -0.39 is 27.3 Å². The fourth-order valence-corrected chi connectivity index (χ4v) is 6.57. The van der Waals surface area contributed by atoms with Crippen LogP contribution in [0, 0.1) is 12.7 Å². The van der Waals surface area contributed by atoms with E-state index in [9.17, 15) is 17.2 Å². The van der Waals surface area contributed by atoms with Crippen molar-refractivity contribution < 1.29 is 21.9 Å². The highest BCUT2D eigenvalue weighted by Gasteiger charge is 2.47. The minimum atomic E-state index is -4.13. The Labute approximate surface area is 249 Å². The van der Waals surface area contributed by atoms with Crippen molar-refractivity contribution in [1.82, 2.24) is 20.3 Å². The summed E-state index contributed by atoms with van der Waals surface area (Å²) in [6.07, 6.45) is 5.72. The third-order valence-electron chi connectivity index (χ3n) is 7.33. The molecule has 0 bridgehead atoms. The molecule has 3 N–H and O–H groups in total. The van der Waals surface area contributed by atoms with Crippen LogP contribution in [0.25, 0.3) is 22.0 Å². The first-order chi connectivity index (χ1) is 19.7. The number of ether oxygens (including phenoxy) is 1. The molecule has 6 rings (SSSR count). The molecule has 4 aromatic rings. The van der Waals surface area contributed by atoms with E-state index in [1.54, 1.807) is 36.7 Å². The van der Waals surface area contributed by atoms with Crippen molar-refractivity contribution >= 4 is 44.8 Å². The molecule has 0 unspecified atom stereocenters. The van der Waals surface area contributed by atoms with E-state index in [0.29, 0.717) is 28.3 Å². The number of piperidine rings is 1. The Bertz CT molecular complexity index is 1720. The van der Waals surface area contributed by atoms with Gasteiger partial charge in [0, 0.05) is 35.8 Å². The van der Waals surface area contributed by atoms with Crippen molar-refractivity contribution in [2.45, 2.75) is 44.3 Å². The molecule has 13 heteroatoms. The monoisotopic (exact) mass is 616 g/mol. The lowest BCUT2D eigenvalue weighted by molar-refractivity contribution is 0.341. The number of aryl methyl sites for hydroxylation is 1. The zero-order valence-electron chi connectivity index (χ0n) is 22.9. The van der Waals surface area contributed by atoms with Crippen LogP contribution in [0.15, 0.2) is 54.9 Å². The van der Waals surface area contributed by atoms with Crippen LogP contribution in [0.3, 0.4) is 0 Å². The second-order valence-electron chi connectivity index (χ2n) is 10.7. The summed E-state index contributed by atoms with van der Waals surface area (Å²) in [5, 5.41) is 7.50. The van der Waals surface area contributed by atoms with Crippen molar-refractivity contribution in [3.63, 3.8) is 0 Å². The molecule has 2 aliphatic rings. The Hall–Kier alpha value is -3.61. The smallest absolute Gasteiger partial charge is 0.236 e. The fraction of sp³-hybridized carbons (Fsp3) is 0.345. The Kier molecular flexibility index (Phi) is 8.49. The van der Waals surface area contributed by atoms with E-state index in [2.05, 4.69) is 25.3 Å². The van der Waals surface area contributed by atoms with E-state index in [0.717, 1.165) is 37.6 Å². The van der Waals surface area contributed by atoms with Gasteiger partial charge in [0.25, 0.3) is 0 Å². The Morgan fingerprint density at radius 2 is 1.90 bits per heavy atom. The molecule has 2 aromatic carbocycles. The number of halogens is 3. The van der Waals surface area contributed by atoms with Crippen LogP contribution >= 0.6 is 12.4 Å². The zero-order chi connectivity index (χ0) is 28.6. The number of aromatic nitrogens is 3. The molecule has 2 fully saturated rings. The summed E-state index contributed by atoms with van der Waals surface area (Å²) in [6.45, 7) is 3.67. The van der Waals surface area contributed by atoms with Gasteiger partial charge in [-0.25, -0.2) is 32.2 Å². The largest absolute Gasteiger partial charge is 0.437 e. The first-order valence-electron chi connectivity index (χ1n) is 13.5. The molecular formula is C29H31ClF2N6O3S. The molecule has 42 heavy (non-hydrogen) atoms. The van der Waals surface area contributed by atoms with Crippen LogP contribution in [0.4, 0.5) is 20.4 Å². The van der Waals surface area contributed by atoms with Gasteiger partial charge in [0.2, 0.25) is 21.9 Å². The number of hydrogen-bond donors (Lipinski definition) is 3. The highest BCUT2D eigenvalue weighted by Crippen LogP contribution is 2.42. The van der Waals surface area contributed by atoms with Gasteiger partial charge in [-0.2, -0.15) is 0 Å². The van der Waals surface area contributed by atoms with Crippen molar-refractivity contribution in [1.29, 1.82) is 0 Å². The summed E-state index contributed by atoms with van der Waals surface area (Å²) in [4.78, 5) is 13.5. The van der Waals surface area contributed by atoms with Crippen LogP contribution in [0.2, 0.25) is 0 Å². The first-order valence-corrected chi connectivity index (χ1v) is 15.2. The summed E-state index contributed by atoms with van der Waals surface area (Å²) in [7, 11) is -4.13. The van der Waals surface area contributed by atoms with E-state index in [1.807, 2.05) is 13.0 Å². The van der Waals surface area contributed by atoms with Crippen molar-refractivity contribution in [3.05, 3.63) is 66.2 Å². The van der Waals surface area contributed by atoms with Gasteiger partial charge < -0.3 is 15.4 Å². The number of pyridine rings is 1. The van der Waals surface area contributed by atoms with Crippen LogP contribution < -0.4 is 20.1 Å². The lowest BCUT2D eigenvalue weighted by Gasteiger charge is -2.23. The third kappa shape index (κ3) is 6.55. The summed E-state index contributed by atoms with van der Waals surface area (Å²) in [6, 6.07) is 11.6. The summed E-state index contributed by atoms with van der Waals surface area (Å²) in [5.74, 6) is -0.331. The summed E-state index contributed by atoms with van der Waals surface area (Å²) < 4.78 is 63.1. The van der Waals surface area contributed by atoms with Gasteiger partial charge >= 0.3 is 0 Å². The third-order valence-corrected chi connectivity index (χ3v) is 8.74. The molecule has 1 saturated heterocycles. The lowest BCUT2D eigenvalue weighted by atomic mass is 10.0. The van der Waals surface area contributed by atoms with Gasteiger partial charge in [-0.15, -0.1) is 12.4 Å². The Balaban J connectivity index is 0.00000353. The van der Waals surface area contributed by atoms with Gasteiger partial charge in [-0.05, 0) is 75.0 Å². The molecule has 2 aromatic heterocycles. The standard InChI is InChI=1S/C29H30F2N6O3S.ClH/c1-18-6-7-20-21(8-9-23(30)25(20)37-41(38,39)17-29(31)11-12-29)26(18)40-27-22(5-3-14-33-27)24-10-15-34-28(36-24)35-19-4-2-13-32-16-19;/h3,5-10,14-15,19,32,37H,2,4,11-13,16-17H2,1H3,(H,34,35,36);1H/t19-;/m0./s1. The number of nitrogens with one attached hydrogen (secondary N) is 3. The summed E-state index contributed by atoms with van der Waals surface area (Å²) in [5.41, 5.74) is -0.0491. The number of alkyl halides is 1. The van der Waals surface area contributed by atoms with E-state index in [4.69, 9.17) is 9.72 Å². The number of hydrogen-bond acceptors (Lipinski definition) is 8. The molecule has 3 heterocycles. The number of sulfonamides is 1. The van der Waals surface area contributed by atoms with Gasteiger partial charge in [0.1, 0.15) is 23.0 Å². The van der Waals surface area contributed by atoms with Crippen LogP contribution in [-0.4, -0.2) is 53.9 Å². The Morgan fingerprint density at radius 3 is 2.67 bits per heavy atom. The highest BCUT2D eigenvalue weighted by molar-refractivity contribution is 7.92. The lowest BCUT2D eigenvalue weighted by Crippen LogP contribution is -2.38. The topological polar surface area (TPSA) is 118 Å². The highest BCUT2D eigenvalue weighted by atomic mass is 35.5. The molecule has 222 valence electrons. The molecule has 0 spiro atoms. The average Bonchev–Trinajstić information content (AvgIpc) is 3.68. The SMILES string of the molecule is Cc1ccc2c(NS(=O)(=O)CC3(F)CC3)c(F)ccc2c1Oc1ncccc1-c1ccnc(N[C@H]2CCCNC2)n1.Cl. The van der Waals surface area contributed by atoms with Gasteiger partial charge in [-0.1, -0.05) is 12.1 Å². The van der Waals surface area contributed by atoms with E-state index in [1.165, 1.54) is 6.07 Å². The van der Waals surface area contributed by atoms with Gasteiger partial charge in [0.05, 0.1) is 16.9 Å². The number of rotatable bonds is 9. The second kappa shape index (κ2) is 11.9.